The third-order valence-electron chi connectivity index (χ3n) is 2.74. The molecule has 0 bridgehead atoms. The molecule has 1 rings (SSSR count). The first-order valence-corrected chi connectivity index (χ1v) is 8.11. The Bertz CT molecular complexity index is 614. The van der Waals surface area contributed by atoms with Gasteiger partial charge in [0.25, 0.3) is 0 Å². The van der Waals surface area contributed by atoms with Gasteiger partial charge in [-0.15, -0.1) is 5.10 Å². The minimum absolute atomic E-state index is 0.398. The average molecular weight is 296 g/mol. The van der Waals surface area contributed by atoms with Crippen LogP contribution in [0.4, 0.5) is 0 Å². The fourth-order valence-corrected chi connectivity index (χ4v) is 2.04. The monoisotopic (exact) mass is 296 g/mol. The van der Waals surface area contributed by atoms with Gasteiger partial charge in [0.2, 0.25) is 9.84 Å². The van der Waals surface area contributed by atoms with E-state index in [9.17, 15) is 8.42 Å². The number of hydrazone groups is 1. The lowest BCUT2D eigenvalue weighted by atomic mass is 10.0. The Labute approximate surface area is 120 Å². The molecule has 5 nitrogen and oxygen atoms in total. The van der Waals surface area contributed by atoms with Crippen LogP contribution < -0.4 is 5.84 Å². The first-order chi connectivity index (χ1) is 9.29. The highest BCUT2D eigenvalue weighted by atomic mass is 32.2. The summed E-state index contributed by atoms with van der Waals surface area (Å²) in [6, 6.07) is 7.71. The van der Waals surface area contributed by atoms with E-state index < -0.39 is 15.1 Å². The van der Waals surface area contributed by atoms with Crippen molar-refractivity contribution in [1.29, 1.82) is 0 Å². The molecule has 0 heterocycles. The lowest BCUT2D eigenvalue weighted by Crippen LogP contribution is -2.18. The molecule has 2 N–H and O–H groups in total. The van der Waals surface area contributed by atoms with E-state index in [1.165, 1.54) is 5.56 Å². The van der Waals surface area contributed by atoms with Crippen LogP contribution in [-0.4, -0.2) is 19.9 Å². The maximum Gasteiger partial charge on any atom is 0.331 e. The average Bonchev–Trinajstić information content (AvgIpc) is 2.38. The minimum atomic E-state index is -3.59. The lowest BCUT2D eigenvalue weighted by molar-refractivity contribution is 0.507. The third kappa shape index (κ3) is 4.09. The highest BCUT2D eigenvalue weighted by Gasteiger charge is 2.18. The number of allylic oxidation sites excluding steroid dienone is 1. The Morgan fingerprint density at radius 3 is 2.20 bits per heavy atom. The van der Waals surface area contributed by atoms with Crippen LogP contribution in [-0.2, 0) is 14.6 Å². The fourth-order valence-electron chi connectivity index (χ4n) is 1.61. The van der Waals surface area contributed by atoms with Crippen molar-refractivity contribution < 1.29 is 13.2 Å². The first kappa shape index (κ1) is 16.2. The summed E-state index contributed by atoms with van der Waals surface area (Å²) in [5.74, 6) is 5.89. The van der Waals surface area contributed by atoms with Crippen LogP contribution in [0.3, 0.4) is 0 Å². The van der Waals surface area contributed by atoms with E-state index in [2.05, 4.69) is 18.9 Å². The van der Waals surface area contributed by atoms with Crippen molar-refractivity contribution in [3.05, 3.63) is 41.5 Å². The number of sulfone groups is 1. The number of rotatable bonds is 3. The number of ether oxygens (including phenoxy) is 1. The van der Waals surface area contributed by atoms with Crippen molar-refractivity contribution in [2.75, 3.05) is 6.26 Å². The summed E-state index contributed by atoms with van der Waals surface area (Å²) in [5.41, 5.74) is 1.96. The maximum absolute atomic E-state index is 11.4. The predicted molar refractivity (Wildman–Crippen MR) is 81.7 cm³/mol. The molecule has 0 radical (unpaired) electrons. The van der Waals surface area contributed by atoms with Crippen LogP contribution >= 0.6 is 0 Å². The quantitative estimate of drug-likeness (QED) is 0.305. The molecule has 0 amide bonds. The van der Waals surface area contributed by atoms with Crippen LogP contribution in [0, 0.1) is 0 Å². The molecule has 0 aliphatic carbocycles. The van der Waals surface area contributed by atoms with E-state index in [1.807, 2.05) is 24.3 Å². The largest absolute Gasteiger partial charge is 0.429 e. The lowest BCUT2D eigenvalue weighted by Gasteiger charge is -2.11. The first-order valence-electron chi connectivity index (χ1n) is 6.22. The number of nitrogens with two attached hydrogens (primary N) is 1. The van der Waals surface area contributed by atoms with Gasteiger partial charge in [-0.05, 0) is 24.5 Å². The molecule has 0 aliphatic heterocycles. The second-order valence-electron chi connectivity index (χ2n) is 4.70. The van der Waals surface area contributed by atoms with Gasteiger partial charge in [0.05, 0.1) is 0 Å². The van der Waals surface area contributed by atoms with Gasteiger partial charge in [-0.2, -0.15) is 0 Å². The van der Waals surface area contributed by atoms with Gasteiger partial charge in [0, 0.05) is 11.8 Å². The highest BCUT2D eigenvalue weighted by molar-refractivity contribution is 8.05. The molecular weight excluding hydrogens is 276 g/mol. The molecule has 0 saturated carbocycles. The maximum atomic E-state index is 11.4. The molecule has 1 aromatic carbocycles. The summed E-state index contributed by atoms with van der Waals surface area (Å²) < 4.78 is 28.1. The molecule has 0 unspecified atom stereocenters. The van der Waals surface area contributed by atoms with Crippen LogP contribution in [0.25, 0.3) is 5.76 Å². The van der Waals surface area contributed by atoms with Crippen LogP contribution in [0.5, 0.6) is 0 Å². The van der Waals surface area contributed by atoms with Crippen LogP contribution in [0.1, 0.15) is 37.8 Å². The van der Waals surface area contributed by atoms with Gasteiger partial charge in [-0.25, -0.2) is 8.42 Å². The summed E-state index contributed by atoms with van der Waals surface area (Å²) in [5, 5.41) is 2.68. The molecule has 0 fully saturated rings. The second kappa shape index (κ2) is 6.56. The van der Waals surface area contributed by atoms with Gasteiger partial charge in [0.15, 0.2) is 0 Å². The van der Waals surface area contributed by atoms with E-state index in [0.29, 0.717) is 11.7 Å². The van der Waals surface area contributed by atoms with E-state index in [4.69, 9.17) is 10.6 Å². The van der Waals surface area contributed by atoms with Crippen LogP contribution in [0.15, 0.2) is 35.4 Å². The summed E-state index contributed by atoms with van der Waals surface area (Å²) >= 11 is 0. The molecule has 0 atom stereocenters. The Balaban J connectivity index is 3.04. The minimum Gasteiger partial charge on any atom is -0.429 e. The third-order valence-corrected chi connectivity index (χ3v) is 3.57. The van der Waals surface area contributed by atoms with Crippen molar-refractivity contribution in [1.82, 2.24) is 0 Å². The van der Waals surface area contributed by atoms with Crippen molar-refractivity contribution >= 4 is 20.8 Å². The molecule has 20 heavy (non-hydrogen) atoms. The van der Waals surface area contributed by atoms with Gasteiger partial charge in [-0.1, -0.05) is 38.1 Å². The standard InChI is InChI=1S/C14H20N2O3S/c1-5-13(19-14(16-15)20(4,17)18)12-8-6-11(7-9-12)10(2)3/h5-10H,15H2,1-4H3/b13-5-,16-14+. The van der Waals surface area contributed by atoms with Gasteiger partial charge in [-0.3, -0.25) is 0 Å². The van der Waals surface area contributed by atoms with E-state index >= 15 is 0 Å². The van der Waals surface area contributed by atoms with E-state index in [1.54, 1.807) is 13.0 Å². The molecule has 0 spiro atoms. The number of nitrogens with zero attached hydrogens (tertiary/aromatic N) is 1. The predicted octanol–water partition coefficient (Wildman–Crippen LogP) is 2.46. The Hall–Kier alpha value is -1.82. The number of hydrogen-bond donors (Lipinski definition) is 1. The normalized spacial score (nSPS) is 13.7. The van der Waals surface area contributed by atoms with E-state index in [0.717, 1.165) is 11.8 Å². The van der Waals surface area contributed by atoms with Gasteiger partial charge >= 0.3 is 5.23 Å². The smallest absolute Gasteiger partial charge is 0.331 e. The zero-order chi connectivity index (χ0) is 15.3. The second-order valence-corrected chi connectivity index (χ2v) is 6.59. The highest BCUT2D eigenvalue weighted by Crippen LogP contribution is 2.21. The van der Waals surface area contributed by atoms with Crippen molar-refractivity contribution in [3.63, 3.8) is 0 Å². The van der Waals surface area contributed by atoms with Gasteiger partial charge < -0.3 is 10.6 Å². The van der Waals surface area contributed by atoms with E-state index in [-0.39, 0.29) is 0 Å². The number of hydrogen-bond acceptors (Lipinski definition) is 5. The molecular formula is C14H20N2O3S. The summed E-state index contributed by atoms with van der Waals surface area (Å²) in [6.45, 7) is 5.96. The topological polar surface area (TPSA) is 81.8 Å². The fraction of sp³-hybridized carbons (Fsp3) is 0.357. The summed E-state index contributed by atoms with van der Waals surface area (Å²) in [6.07, 6.45) is 2.66. The SMILES string of the molecule is C/C=C(\O/C(=N\N)S(C)(=O)=O)c1ccc(C(C)C)cc1. The van der Waals surface area contributed by atoms with Gasteiger partial charge in [0.1, 0.15) is 5.76 Å². The summed E-state index contributed by atoms with van der Waals surface area (Å²) in [7, 11) is -3.59. The zero-order valence-corrected chi connectivity index (χ0v) is 12.9. The number of benzene rings is 1. The Morgan fingerprint density at radius 2 is 1.85 bits per heavy atom. The van der Waals surface area contributed by atoms with Crippen molar-refractivity contribution in [2.24, 2.45) is 10.9 Å². The van der Waals surface area contributed by atoms with Crippen molar-refractivity contribution in [2.45, 2.75) is 26.7 Å². The summed E-state index contributed by atoms with van der Waals surface area (Å²) in [4.78, 5) is 0. The zero-order valence-electron chi connectivity index (χ0n) is 12.1. The Kier molecular flexibility index (Phi) is 5.33. The van der Waals surface area contributed by atoms with Crippen LogP contribution in [0.2, 0.25) is 0 Å². The molecule has 1 aromatic rings. The molecule has 0 aromatic heterocycles. The van der Waals surface area contributed by atoms with Crippen molar-refractivity contribution in [3.8, 4) is 0 Å². The molecule has 0 aliphatic rings. The molecule has 110 valence electrons. The molecule has 0 saturated heterocycles. The Morgan fingerprint density at radius 1 is 1.30 bits per heavy atom. The molecule has 6 heteroatoms.